The Bertz CT molecular complexity index is 351. The molecule has 16 heavy (non-hydrogen) atoms. The molecule has 0 saturated carbocycles. The van der Waals surface area contributed by atoms with E-state index in [1.165, 1.54) is 10.4 Å². The summed E-state index contributed by atoms with van der Waals surface area (Å²) < 4.78 is 0. The maximum atomic E-state index is 11.3. The Morgan fingerprint density at radius 2 is 2.38 bits per heavy atom. The first kappa shape index (κ1) is 13.2. The summed E-state index contributed by atoms with van der Waals surface area (Å²) in [6.07, 6.45) is 0. The highest BCUT2D eigenvalue weighted by Gasteiger charge is 2.19. The van der Waals surface area contributed by atoms with Crippen molar-refractivity contribution in [3.63, 3.8) is 0 Å². The van der Waals surface area contributed by atoms with E-state index in [0.717, 1.165) is 0 Å². The van der Waals surface area contributed by atoms with Crippen LogP contribution < -0.4 is 11.1 Å². The van der Waals surface area contributed by atoms with Crippen molar-refractivity contribution >= 4 is 17.2 Å². The van der Waals surface area contributed by atoms with Crippen molar-refractivity contribution in [3.8, 4) is 0 Å². The van der Waals surface area contributed by atoms with E-state index >= 15 is 0 Å². The Morgan fingerprint density at radius 3 is 2.81 bits per heavy atom. The molecule has 0 aliphatic carbocycles. The van der Waals surface area contributed by atoms with E-state index in [9.17, 15) is 4.79 Å². The molecule has 4 nitrogen and oxygen atoms in total. The number of thiophene rings is 1. The maximum Gasteiger partial charge on any atom is 0.233 e. The van der Waals surface area contributed by atoms with Gasteiger partial charge in [-0.1, -0.05) is 0 Å². The van der Waals surface area contributed by atoms with Crippen LogP contribution in [0.4, 0.5) is 0 Å². The summed E-state index contributed by atoms with van der Waals surface area (Å²) in [7, 11) is 3.57. The quantitative estimate of drug-likeness (QED) is 0.799. The smallest absolute Gasteiger partial charge is 0.233 e. The molecule has 0 radical (unpaired) electrons. The number of carbonyl (C=O) groups is 1. The van der Waals surface area contributed by atoms with Gasteiger partial charge in [0.15, 0.2) is 0 Å². The van der Waals surface area contributed by atoms with Crippen molar-refractivity contribution < 1.29 is 4.79 Å². The number of aryl methyl sites for hydroxylation is 1. The molecule has 3 N–H and O–H groups in total. The highest BCUT2D eigenvalue weighted by Crippen LogP contribution is 2.26. The Kier molecular flexibility index (Phi) is 4.92. The number of nitrogens with two attached hydrogens (primary N) is 1. The van der Waals surface area contributed by atoms with Gasteiger partial charge in [0.25, 0.3) is 0 Å². The number of nitrogens with one attached hydrogen (secondary N) is 1. The maximum absolute atomic E-state index is 11.3. The first-order valence-electron chi connectivity index (χ1n) is 5.25. The fourth-order valence-electron chi connectivity index (χ4n) is 1.63. The first-order valence-corrected chi connectivity index (χ1v) is 6.13. The van der Waals surface area contributed by atoms with E-state index in [2.05, 4.69) is 23.7 Å². The van der Waals surface area contributed by atoms with Gasteiger partial charge in [0.05, 0.1) is 12.6 Å². The third kappa shape index (κ3) is 3.04. The van der Waals surface area contributed by atoms with E-state index in [-0.39, 0.29) is 11.9 Å². The molecule has 1 rings (SSSR count). The molecule has 1 heterocycles. The van der Waals surface area contributed by atoms with Crippen LogP contribution in [0.1, 0.15) is 16.5 Å². The fourth-order valence-corrected chi connectivity index (χ4v) is 2.73. The highest BCUT2D eigenvalue weighted by molar-refractivity contribution is 7.10. The van der Waals surface area contributed by atoms with E-state index in [1.54, 1.807) is 18.4 Å². The topological polar surface area (TPSA) is 58.4 Å². The van der Waals surface area contributed by atoms with Gasteiger partial charge in [0.1, 0.15) is 0 Å². The van der Waals surface area contributed by atoms with Crippen LogP contribution in [0.15, 0.2) is 11.4 Å². The number of carbonyl (C=O) groups excluding carboxylic acids is 1. The summed E-state index contributed by atoms with van der Waals surface area (Å²) in [4.78, 5) is 14.5. The highest BCUT2D eigenvalue weighted by atomic mass is 32.1. The molecule has 0 aliphatic heterocycles. The zero-order chi connectivity index (χ0) is 12.1. The molecule has 0 bridgehead atoms. The first-order chi connectivity index (χ1) is 7.60. The lowest BCUT2D eigenvalue weighted by molar-refractivity contribution is -0.121. The molecule has 1 amide bonds. The van der Waals surface area contributed by atoms with Crippen LogP contribution in [0.5, 0.6) is 0 Å². The van der Waals surface area contributed by atoms with Crippen molar-refractivity contribution in [2.75, 3.05) is 27.2 Å². The molecule has 1 unspecified atom stereocenters. The standard InChI is InChI=1S/C11H19N3OS/c1-8-4-5-16-11(8)9(6-12)14(3)7-10(15)13-2/h4-5,9H,6-7,12H2,1-3H3,(H,13,15). The van der Waals surface area contributed by atoms with Gasteiger partial charge in [-0.15, -0.1) is 11.3 Å². The average Bonchev–Trinajstić information content (AvgIpc) is 2.66. The summed E-state index contributed by atoms with van der Waals surface area (Å²) in [5.41, 5.74) is 7.02. The Morgan fingerprint density at radius 1 is 1.69 bits per heavy atom. The third-order valence-electron chi connectivity index (χ3n) is 2.63. The normalized spacial score (nSPS) is 12.8. The molecule has 0 aromatic carbocycles. The van der Waals surface area contributed by atoms with Crippen molar-refractivity contribution in [2.24, 2.45) is 5.73 Å². The van der Waals surface area contributed by atoms with Crippen molar-refractivity contribution in [3.05, 3.63) is 21.9 Å². The molecule has 5 heteroatoms. The second-order valence-corrected chi connectivity index (χ2v) is 4.76. The van der Waals surface area contributed by atoms with E-state index in [0.29, 0.717) is 13.1 Å². The second kappa shape index (κ2) is 5.98. The van der Waals surface area contributed by atoms with Crippen LogP contribution in [-0.4, -0.2) is 38.0 Å². The zero-order valence-electron chi connectivity index (χ0n) is 9.99. The van der Waals surface area contributed by atoms with Crippen LogP contribution in [-0.2, 0) is 4.79 Å². The van der Waals surface area contributed by atoms with Gasteiger partial charge in [-0.3, -0.25) is 9.69 Å². The number of likely N-dealkylation sites (N-methyl/N-ethyl adjacent to an activating group) is 2. The van der Waals surface area contributed by atoms with Gasteiger partial charge >= 0.3 is 0 Å². The third-order valence-corrected chi connectivity index (χ3v) is 3.75. The molecular weight excluding hydrogens is 222 g/mol. The molecule has 0 aliphatic rings. The molecule has 1 aromatic rings. The van der Waals surface area contributed by atoms with E-state index in [1.807, 2.05) is 11.9 Å². The summed E-state index contributed by atoms with van der Waals surface area (Å²) in [6.45, 7) is 2.97. The monoisotopic (exact) mass is 241 g/mol. The second-order valence-electron chi connectivity index (χ2n) is 3.81. The van der Waals surface area contributed by atoms with Crippen molar-refractivity contribution in [2.45, 2.75) is 13.0 Å². The minimum Gasteiger partial charge on any atom is -0.358 e. The summed E-state index contributed by atoms with van der Waals surface area (Å²) in [6, 6.07) is 2.20. The number of nitrogens with zero attached hydrogens (tertiary/aromatic N) is 1. The lowest BCUT2D eigenvalue weighted by Gasteiger charge is -2.26. The Labute approximate surface area is 100 Å². The number of amides is 1. The predicted octanol–water partition coefficient (Wildman–Crippen LogP) is 0.734. The van der Waals surface area contributed by atoms with E-state index in [4.69, 9.17) is 5.73 Å². The molecule has 90 valence electrons. The predicted molar refractivity (Wildman–Crippen MR) is 67.5 cm³/mol. The van der Waals surface area contributed by atoms with Crippen molar-refractivity contribution in [1.82, 2.24) is 10.2 Å². The molecule has 0 saturated heterocycles. The van der Waals surface area contributed by atoms with Gasteiger partial charge in [0, 0.05) is 18.5 Å². The molecule has 0 fully saturated rings. The average molecular weight is 241 g/mol. The molecule has 0 spiro atoms. The van der Waals surface area contributed by atoms with Gasteiger partial charge in [-0.05, 0) is 31.0 Å². The number of hydrogen-bond acceptors (Lipinski definition) is 4. The summed E-state index contributed by atoms with van der Waals surface area (Å²) in [5.74, 6) is 0.00941. The minimum absolute atomic E-state index is 0.00941. The number of rotatable bonds is 5. The molecular formula is C11H19N3OS. The van der Waals surface area contributed by atoms with Gasteiger partial charge in [-0.25, -0.2) is 0 Å². The summed E-state index contributed by atoms with van der Waals surface area (Å²) >= 11 is 1.69. The minimum atomic E-state index is 0.00941. The van der Waals surface area contributed by atoms with Crippen LogP contribution in [0.3, 0.4) is 0 Å². The van der Waals surface area contributed by atoms with E-state index < -0.39 is 0 Å². The zero-order valence-corrected chi connectivity index (χ0v) is 10.8. The fraction of sp³-hybridized carbons (Fsp3) is 0.545. The Balaban J connectivity index is 2.75. The van der Waals surface area contributed by atoms with Gasteiger partial charge < -0.3 is 11.1 Å². The number of hydrogen-bond donors (Lipinski definition) is 2. The lowest BCUT2D eigenvalue weighted by atomic mass is 10.1. The molecule has 1 aromatic heterocycles. The van der Waals surface area contributed by atoms with Crippen LogP contribution in [0.25, 0.3) is 0 Å². The van der Waals surface area contributed by atoms with Gasteiger partial charge in [-0.2, -0.15) is 0 Å². The van der Waals surface area contributed by atoms with Gasteiger partial charge in [0.2, 0.25) is 5.91 Å². The largest absolute Gasteiger partial charge is 0.358 e. The Hall–Kier alpha value is -0.910. The van der Waals surface area contributed by atoms with Crippen LogP contribution >= 0.6 is 11.3 Å². The van der Waals surface area contributed by atoms with Crippen LogP contribution in [0, 0.1) is 6.92 Å². The van der Waals surface area contributed by atoms with Crippen LogP contribution in [0.2, 0.25) is 0 Å². The SMILES string of the molecule is CNC(=O)CN(C)C(CN)c1sccc1C. The summed E-state index contributed by atoms with van der Waals surface area (Å²) in [5, 5.41) is 4.67. The molecule has 1 atom stereocenters. The lowest BCUT2D eigenvalue weighted by Crippen LogP contribution is -2.38. The van der Waals surface area contributed by atoms with Crippen molar-refractivity contribution in [1.29, 1.82) is 0 Å².